The number of para-hydroxylation sites is 2. The summed E-state index contributed by atoms with van der Waals surface area (Å²) in [5.74, 6) is 0.899. The van der Waals surface area contributed by atoms with Crippen LogP contribution in [0.1, 0.15) is 44.3 Å². The van der Waals surface area contributed by atoms with E-state index in [2.05, 4.69) is 14.9 Å². The first kappa shape index (κ1) is 16.0. The van der Waals surface area contributed by atoms with Gasteiger partial charge in [0.25, 0.3) is 0 Å². The highest BCUT2D eigenvalue weighted by Crippen LogP contribution is 2.30. The van der Waals surface area contributed by atoms with Gasteiger partial charge in [0.2, 0.25) is 5.91 Å². The van der Waals surface area contributed by atoms with Gasteiger partial charge in [0.15, 0.2) is 0 Å². The fraction of sp³-hybridized carbons (Fsp3) is 0.556. The van der Waals surface area contributed by atoms with E-state index in [0.717, 1.165) is 49.0 Å². The molecule has 1 amide bonds. The standard InChI is InChI=1S/C18H25N3O2/c1-21-15-8-4-3-7-14(15)20-16(21)9-12-19-17(22)13-18(23)10-5-2-6-11-18/h3-4,7-8,23H,2,5-6,9-13H2,1H3,(H,19,22). The van der Waals surface area contributed by atoms with Crippen LogP contribution in [0, 0.1) is 0 Å². The first-order valence-electron chi connectivity index (χ1n) is 8.47. The zero-order valence-electron chi connectivity index (χ0n) is 13.7. The van der Waals surface area contributed by atoms with Crippen LogP contribution >= 0.6 is 0 Å². The number of nitrogens with one attached hydrogen (secondary N) is 1. The van der Waals surface area contributed by atoms with Crippen molar-refractivity contribution in [1.82, 2.24) is 14.9 Å². The molecule has 1 aromatic carbocycles. The molecule has 1 fully saturated rings. The van der Waals surface area contributed by atoms with Gasteiger partial charge in [-0.05, 0) is 25.0 Å². The number of imidazole rings is 1. The Morgan fingerprint density at radius 1 is 1.30 bits per heavy atom. The number of hydrogen-bond donors (Lipinski definition) is 2. The third kappa shape index (κ3) is 3.72. The summed E-state index contributed by atoms with van der Waals surface area (Å²) in [5, 5.41) is 13.3. The van der Waals surface area contributed by atoms with E-state index in [1.54, 1.807) is 0 Å². The molecule has 1 heterocycles. The molecule has 2 N–H and O–H groups in total. The fourth-order valence-corrected chi connectivity index (χ4v) is 3.48. The van der Waals surface area contributed by atoms with E-state index in [-0.39, 0.29) is 12.3 Å². The highest BCUT2D eigenvalue weighted by atomic mass is 16.3. The molecule has 0 atom stereocenters. The molecule has 0 radical (unpaired) electrons. The third-order valence-corrected chi connectivity index (χ3v) is 4.82. The average molecular weight is 315 g/mol. The molecule has 0 aliphatic heterocycles. The van der Waals surface area contributed by atoms with Crippen LogP contribution < -0.4 is 5.32 Å². The lowest BCUT2D eigenvalue weighted by atomic mass is 9.82. The molecule has 2 aromatic rings. The van der Waals surface area contributed by atoms with Gasteiger partial charge in [-0.3, -0.25) is 4.79 Å². The minimum absolute atomic E-state index is 0.0619. The molecule has 1 aromatic heterocycles. The maximum atomic E-state index is 12.1. The first-order chi connectivity index (χ1) is 11.1. The van der Waals surface area contributed by atoms with Gasteiger partial charge >= 0.3 is 0 Å². The van der Waals surface area contributed by atoms with E-state index in [0.29, 0.717) is 13.0 Å². The Morgan fingerprint density at radius 3 is 2.78 bits per heavy atom. The number of benzene rings is 1. The molecular weight excluding hydrogens is 290 g/mol. The van der Waals surface area contributed by atoms with Crippen molar-refractivity contribution in [3.05, 3.63) is 30.1 Å². The quantitative estimate of drug-likeness (QED) is 0.890. The summed E-state index contributed by atoms with van der Waals surface area (Å²) < 4.78 is 2.07. The highest BCUT2D eigenvalue weighted by Gasteiger charge is 2.31. The zero-order valence-corrected chi connectivity index (χ0v) is 13.7. The van der Waals surface area contributed by atoms with E-state index in [1.807, 2.05) is 31.3 Å². The van der Waals surface area contributed by atoms with Crippen molar-refractivity contribution in [2.45, 2.75) is 50.5 Å². The second-order valence-electron chi connectivity index (χ2n) is 6.64. The van der Waals surface area contributed by atoms with Crippen molar-refractivity contribution >= 4 is 16.9 Å². The lowest BCUT2D eigenvalue weighted by Gasteiger charge is -2.31. The Morgan fingerprint density at radius 2 is 2.04 bits per heavy atom. The summed E-state index contributed by atoms with van der Waals surface area (Å²) >= 11 is 0. The van der Waals surface area contributed by atoms with Gasteiger partial charge in [-0.1, -0.05) is 31.4 Å². The monoisotopic (exact) mass is 315 g/mol. The highest BCUT2D eigenvalue weighted by molar-refractivity contribution is 5.77. The predicted molar refractivity (Wildman–Crippen MR) is 90.1 cm³/mol. The Kier molecular flexibility index (Phi) is 4.66. The van der Waals surface area contributed by atoms with Crippen molar-refractivity contribution in [2.75, 3.05) is 6.54 Å². The number of carbonyl (C=O) groups is 1. The Bertz CT molecular complexity index is 687. The summed E-state index contributed by atoms with van der Waals surface area (Å²) in [7, 11) is 2.00. The van der Waals surface area contributed by atoms with E-state index in [1.165, 1.54) is 0 Å². The second kappa shape index (κ2) is 6.71. The van der Waals surface area contributed by atoms with Crippen LogP contribution in [0.3, 0.4) is 0 Å². The fourth-order valence-electron chi connectivity index (χ4n) is 3.48. The lowest BCUT2D eigenvalue weighted by molar-refractivity contribution is -0.127. The summed E-state index contributed by atoms with van der Waals surface area (Å²) in [6.07, 6.45) is 5.59. The summed E-state index contributed by atoms with van der Waals surface area (Å²) in [6.45, 7) is 0.548. The molecule has 1 saturated carbocycles. The third-order valence-electron chi connectivity index (χ3n) is 4.82. The van der Waals surface area contributed by atoms with Gasteiger partial charge in [0, 0.05) is 20.0 Å². The van der Waals surface area contributed by atoms with Crippen LogP contribution in [0.2, 0.25) is 0 Å². The maximum absolute atomic E-state index is 12.1. The van der Waals surface area contributed by atoms with Crippen molar-refractivity contribution < 1.29 is 9.90 Å². The van der Waals surface area contributed by atoms with Gasteiger partial charge in [0.05, 0.1) is 23.1 Å². The number of fused-ring (bicyclic) bond motifs is 1. The van der Waals surface area contributed by atoms with Crippen molar-refractivity contribution in [3.8, 4) is 0 Å². The largest absolute Gasteiger partial charge is 0.389 e. The molecule has 0 saturated heterocycles. The van der Waals surface area contributed by atoms with E-state index < -0.39 is 5.60 Å². The Hall–Kier alpha value is -1.88. The van der Waals surface area contributed by atoms with Crippen LogP contribution in [0.4, 0.5) is 0 Å². The lowest BCUT2D eigenvalue weighted by Crippen LogP contribution is -2.39. The number of nitrogens with zero attached hydrogens (tertiary/aromatic N) is 2. The summed E-state index contributed by atoms with van der Waals surface area (Å²) in [6, 6.07) is 8.02. The van der Waals surface area contributed by atoms with Gasteiger partial charge in [-0.25, -0.2) is 4.98 Å². The zero-order chi connectivity index (χ0) is 16.3. The molecule has 3 rings (SSSR count). The number of amides is 1. The second-order valence-corrected chi connectivity index (χ2v) is 6.64. The number of aryl methyl sites for hydroxylation is 1. The number of aromatic nitrogens is 2. The SMILES string of the molecule is Cn1c(CCNC(=O)CC2(O)CCCCC2)nc2ccccc21. The predicted octanol–water partition coefficient (Wildman–Crippen LogP) is 2.32. The van der Waals surface area contributed by atoms with Gasteiger partial charge in [-0.15, -0.1) is 0 Å². The van der Waals surface area contributed by atoms with Crippen LogP contribution in [0.5, 0.6) is 0 Å². The van der Waals surface area contributed by atoms with Crippen molar-refractivity contribution in [3.63, 3.8) is 0 Å². The smallest absolute Gasteiger partial charge is 0.222 e. The van der Waals surface area contributed by atoms with E-state index in [9.17, 15) is 9.90 Å². The molecule has 0 unspecified atom stereocenters. The minimum atomic E-state index is -0.791. The Balaban J connectivity index is 1.52. The molecule has 0 spiro atoms. The van der Waals surface area contributed by atoms with Gasteiger partial charge < -0.3 is 15.0 Å². The molecule has 0 bridgehead atoms. The average Bonchev–Trinajstić information content (AvgIpc) is 2.84. The van der Waals surface area contributed by atoms with Crippen LogP contribution in [0.25, 0.3) is 11.0 Å². The van der Waals surface area contributed by atoms with Crippen molar-refractivity contribution in [1.29, 1.82) is 0 Å². The first-order valence-corrected chi connectivity index (χ1v) is 8.47. The van der Waals surface area contributed by atoms with Crippen LogP contribution in [-0.4, -0.2) is 32.7 Å². The summed E-state index contributed by atoms with van der Waals surface area (Å²) in [4.78, 5) is 16.7. The molecule has 5 nitrogen and oxygen atoms in total. The number of rotatable bonds is 5. The number of carbonyl (C=O) groups excluding carboxylic acids is 1. The van der Waals surface area contributed by atoms with Crippen LogP contribution in [0.15, 0.2) is 24.3 Å². The number of aliphatic hydroxyl groups is 1. The maximum Gasteiger partial charge on any atom is 0.222 e. The Labute approximate surface area is 136 Å². The normalized spacial score (nSPS) is 17.3. The molecule has 5 heteroatoms. The van der Waals surface area contributed by atoms with E-state index >= 15 is 0 Å². The van der Waals surface area contributed by atoms with Crippen molar-refractivity contribution in [2.24, 2.45) is 7.05 Å². The molecule has 23 heavy (non-hydrogen) atoms. The molecule has 1 aliphatic rings. The summed E-state index contributed by atoms with van der Waals surface area (Å²) in [5.41, 5.74) is 1.29. The minimum Gasteiger partial charge on any atom is -0.389 e. The topological polar surface area (TPSA) is 67.2 Å². The van der Waals surface area contributed by atoms with Gasteiger partial charge in [-0.2, -0.15) is 0 Å². The van der Waals surface area contributed by atoms with Crippen LogP contribution in [-0.2, 0) is 18.3 Å². The molecule has 1 aliphatic carbocycles. The molecular formula is C18H25N3O2. The molecule has 124 valence electrons. The van der Waals surface area contributed by atoms with Gasteiger partial charge in [0.1, 0.15) is 5.82 Å². The number of hydrogen-bond acceptors (Lipinski definition) is 3. The van der Waals surface area contributed by atoms with E-state index in [4.69, 9.17) is 0 Å².